The van der Waals surface area contributed by atoms with Gasteiger partial charge >= 0.3 is 0 Å². The molecule has 8 heteroatoms. The monoisotopic (exact) mass is 332 g/mol. The number of hydrogen-bond donors (Lipinski definition) is 1. The number of aliphatic hydroxyl groups is 1. The van der Waals surface area contributed by atoms with E-state index in [-0.39, 0.29) is 12.1 Å². The Morgan fingerprint density at radius 2 is 2.08 bits per heavy atom. The van der Waals surface area contributed by atoms with Crippen LogP contribution in [0.2, 0.25) is 0 Å². The summed E-state index contributed by atoms with van der Waals surface area (Å²) in [5.74, 6) is 2.83. The van der Waals surface area contributed by atoms with Gasteiger partial charge in [-0.1, -0.05) is 5.16 Å². The molecule has 0 spiro atoms. The highest BCUT2D eigenvalue weighted by Gasteiger charge is 2.37. The Bertz CT molecular complexity index is 720. The van der Waals surface area contributed by atoms with E-state index in [1.54, 1.807) is 0 Å². The fourth-order valence-electron chi connectivity index (χ4n) is 3.80. The van der Waals surface area contributed by atoms with E-state index in [0.717, 1.165) is 48.3 Å². The molecular weight excluding hydrogens is 308 g/mol. The van der Waals surface area contributed by atoms with Crippen molar-refractivity contribution in [1.82, 2.24) is 29.7 Å². The van der Waals surface area contributed by atoms with E-state index in [4.69, 9.17) is 4.52 Å². The number of rotatable bonds is 3. The number of nitrogens with zero attached hydrogens (tertiary/aromatic N) is 6. The van der Waals surface area contributed by atoms with Crippen LogP contribution in [-0.4, -0.2) is 61.1 Å². The zero-order valence-corrected chi connectivity index (χ0v) is 14.4. The molecule has 2 aliphatic heterocycles. The van der Waals surface area contributed by atoms with Gasteiger partial charge in [0, 0.05) is 31.7 Å². The van der Waals surface area contributed by atoms with Gasteiger partial charge in [0.15, 0.2) is 5.82 Å². The van der Waals surface area contributed by atoms with Gasteiger partial charge in [-0.15, -0.1) is 10.2 Å². The molecule has 4 rings (SSSR count). The Hall–Kier alpha value is -1.77. The van der Waals surface area contributed by atoms with Gasteiger partial charge in [0.05, 0.1) is 24.4 Å². The van der Waals surface area contributed by atoms with Crippen LogP contribution in [0.15, 0.2) is 4.52 Å². The molecule has 0 aliphatic carbocycles. The number of hydrogen-bond acceptors (Lipinski definition) is 7. The molecule has 8 nitrogen and oxygen atoms in total. The van der Waals surface area contributed by atoms with Crippen molar-refractivity contribution >= 4 is 0 Å². The predicted molar refractivity (Wildman–Crippen MR) is 86.1 cm³/mol. The molecule has 2 atom stereocenters. The van der Waals surface area contributed by atoms with Crippen LogP contribution in [0.1, 0.15) is 41.1 Å². The molecular formula is C16H24N6O2. The van der Waals surface area contributed by atoms with E-state index in [9.17, 15) is 5.11 Å². The average molecular weight is 332 g/mol. The van der Waals surface area contributed by atoms with Crippen LogP contribution in [0.25, 0.3) is 0 Å². The molecule has 0 radical (unpaired) electrons. The number of β-amino-alcohol motifs (C(OH)–C–C–N with tert-alkyl or cyclic N) is 1. The summed E-state index contributed by atoms with van der Waals surface area (Å²) in [5.41, 5.74) is 2.02. The lowest BCUT2D eigenvalue weighted by molar-refractivity contribution is 0.171. The van der Waals surface area contributed by atoms with Crippen molar-refractivity contribution in [2.24, 2.45) is 0 Å². The normalized spacial score (nSPS) is 25.3. The lowest BCUT2D eigenvalue weighted by Gasteiger charge is -2.27. The molecule has 24 heavy (non-hydrogen) atoms. The molecule has 4 heterocycles. The van der Waals surface area contributed by atoms with Crippen LogP contribution < -0.4 is 0 Å². The molecule has 1 saturated heterocycles. The van der Waals surface area contributed by atoms with Crippen LogP contribution in [0.4, 0.5) is 0 Å². The highest BCUT2D eigenvalue weighted by Crippen LogP contribution is 2.34. The van der Waals surface area contributed by atoms with E-state index in [1.807, 2.05) is 13.8 Å². The van der Waals surface area contributed by atoms with Gasteiger partial charge in [-0.05, 0) is 27.3 Å². The lowest BCUT2D eigenvalue weighted by Crippen LogP contribution is -2.33. The van der Waals surface area contributed by atoms with Crippen molar-refractivity contribution in [3.8, 4) is 0 Å². The van der Waals surface area contributed by atoms with E-state index >= 15 is 0 Å². The van der Waals surface area contributed by atoms with Crippen molar-refractivity contribution in [2.75, 3.05) is 20.1 Å². The standard InChI is InChI=1S/C16H24N6O2/c1-10-13(11(2)24-19-10)8-21-7-12(23)6-14(21)16-18-17-15-9-20(3)4-5-22(15)16/h12,14,23H,4-9H2,1-3H3/t12-,14-/m0/s1. The van der Waals surface area contributed by atoms with Crippen molar-refractivity contribution in [3.05, 3.63) is 28.7 Å². The minimum absolute atomic E-state index is 0.0818. The predicted octanol–water partition coefficient (Wildman–Crippen LogP) is 0.636. The molecule has 0 amide bonds. The largest absolute Gasteiger partial charge is 0.392 e. The number of aromatic nitrogens is 4. The van der Waals surface area contributed by atoms with Crippen LogP contribution >= 0.6 is 0 Å². The smallest absolute Gasteiger partial charge is 0.150 e. The summed E-state index contributed by atoms with van der Waals surface area (Å²) in [5, 5.41) is 23.1. The Morgan fingerprint density at radius 3 is 2.83 bits per heavy atom. The van der Waals surface area contributed by atoms with Crippen LogP contribution in [-0.2, 0) is 19.6 Å². The summed E-state index contributed by atoms with van der Waals surface area (Å²) in [6.07, 6.45) is 0.354. The fourth-order valence-corrected chi connectivity index (χ4v) is 3.80. The highest BCUT2D eigenvalue weighted by molar-refractivity contribution is 5.21. The van der Waals surface area contributed by atoms with Gasteiger partial charge in [0.2, 0.25) is 0 Å². The summed E-state index contributed by atoms with van der Waals surface area (Å²) < 4.78 is 7.51. The minimum Gasteiger partial charge on any atom is -0.392 e. The van der Waals surface area contributed by atoms with Crippen LogP contribution in [0, 0.1) is 13.8 Å². The zero-order valence-electron chi connectivity index (χ0n) is 14.4. The molecule has 0 unspecified atom stereocenters. The van der Waals surface area contributed by atoms with Crippen molar-refractivity contribution in [2.45, 2.75) is 52.0 Å². The topological polar surface area (TPSA) is 83.5 Å². The molecule has 130 valence electrons. The third kappa shape index (κ3) is 2.64. The number of aryl methyl sites for hydroxylation is 2. The first kappa shape index (κ1) is 15.7. The van der Waals surface area contributed by atoms with Crippen LogP contribution in [0.3, 0.4) is 0 Å². The quantitative estimate of drug-likeness (QED) is 0.883. The Labute approximate surface area is 141 Å². The third-order valence-electron chi connectivity index (χ3n) is 5.19. The number of likely N-dealkylation sites (N-methyl/N-ethyl adjacent to an activating group) is 1. The molecule has 2 aromatic heterocycles. The molecule has 0 aromatic carbocycles. The van der Waals surface area contributed by atoms with Gasteiger partial charge in [-0.2, -0.15) is 0 Å². The second kappa shape index (κ2) is 5.94. The van der Waals surface area contributed by atoms with E-state index in [2.05, 4.69) is 36.8 Å². The molecule has 1 fully saturated rings. The third-order valence-corrected chi connectivity index (χ3v) is 5.19. The molecule has 0 saturated carbocycles. The van der Waals surface area contributed by atoms with Crippen molar-refractivity contribution in [3.63, 3.8) is 0 Å². The summed E-state index contributed by atoms with van der Waals surface area (Å²) in [6.45, 7) is 7.97. The second-order valence-corrected chi connectivity index (χ2v) is 7.00. The summed E-state index contributed by atoms with van der Waals surface area (Å²) in [6, 6.07) is 0.0818. The summed E-state index contributed by atoms with van der Waals surface area (Å²) >= 11 is 0. The van der Waals surface area contributed by atoms with E-state index in [0.29, 0.717) is 19.5 Å². The van der Waals surface area contributed by atoms with Crippen molar-refractivity contribution in [1.29, 1.82) is 0 Å². The first-order chi connectivity index (χ1) is 11.5. The van der Waals surface area contributed by atoms with E-state index < -0.39 is 0 Å². The fraction of sp³-hybridized carbons (Fsp3) is 0.688. The van der Waals surface area contributed by atoms with Gasteiger partial charge in [-0.3, -0.25) is 9.80 Å². The molecule has 0 bridgehead atoms. The molecule has 2 aromatic rings. The zero-order chi connectivity index (χ0) is 16.8. The van der Waals surface area contributed by atoms with Gasteiger partial charge in [0.25, 0.3) is 0 Å². The van der Waals surface area contributed by atoms with Gasteiger partial charge in [0.1, 0.15) is 11.6 Å². The SMILES string of the molecule is Cc1noc(C)c1CN1C[C@@H](O)C[C@H]1c1nnc2n1CCN(C)C2. The maximum Gasteiger partial charge on any atom is 0.150 e. The van der Waals surface area contributed by atoms with Crippen LogP contribution in [0.5, 0.6) is 0 Å². The highest BCUT2D eigenvalue weighted by atomic mass is 16.5. The Kier molecular flexibility index (Phi) is 3.90. The number of likely N-dealkylation sites (tertiary alicyclic amines) is 1. The second-order valence-electron chi connectivity index (χ2n) is 7.00. The Morgan fingerprint density at radius 1 is 1.25 bits per heavy atom. The van der Waals surface area contributed by atoms with E-state index in [1.165, 1.54) is 0 Å². The van der Waals surface area contributed by atoms with Gasteiger partial charge < -0.3 is 14.2 Å². The summed E-state index contributed by atoms with van der Waals surface area (Å²) in [7, 11) is 2.10. The Balaban J connectivity index is 1.62. The molecule has 2 aliphatic rings. The number of fused-ring (bicyclic) bond motifs is 1. The first-order valence-electron chi connectivity index (χ1n) is 8.47. The van der Waals surface area contributed by atoms with Gasteiger partial charge in [-0.25, -0.2) is 0 Å². The minimum atomic E-state index is -0.338. The van der Waals surface area contributed by atoms with Crippen molar-refractivity contribution < 1.29 is 9.63 Å². The maximum absolute atomic E-state index is 10.2. The first-order valence-corrected chi connectivity index (χ1v) is 8.47. The lowest BCUT2D eigenvalue weighted by atomic mass is 10.1. The summed E-state index contributed by atoms with van der Waals surface area (Å²) in [4.78, 5) is 4.52. The number of aliphatic hydroxyl groups excluding tert-OH is 1. The average Bonchev–Trinajstić information content (AvgIpc) is 3.20. The molecule has 1 N–H and O–H groups in total. The maximum atomic E-state index is 10.2.